The summed E-state index contributed by atoms with van der Waals surface area (Å²) in [4.78, 5) is 0. The van der Waals surface area contributed by atoms with E-state index in [-0.39, 0.29) is 11.9 Å². The Kier molecular flexibility index (Phi) is 4.72. The lowest BCUT2D eigenvalue weighted by Crippen LogP contribution is -2.18. The van der Waals surface area contributed by atoms with Crippen molar-refractivity contribution in [3.63, 3.8) is 0 Å². The summed E-state index contributed by atoms with van der Waals surface area (Å²) in [5, 5.41) is 12.2. The lowest BCUT2D eigenvalue weighted by atomic mass is 10.1. The molecular weight excluding hydrogens is 193 g/mol. The third kappa shape index (κ3) is 4.40. The standard InChI is InChI=1S/C12H18FNO/c1-9-7-11(3-4-12(9)13)8-14-6-5-10(2)15/h3-4,7,10,14-15H,5-6,8H2,1-2H3/t10-/m1/s1. The SMILES string of the molecule is Cc1cc(CNCC[C@@H](C)O)ccc1F. The molecule has 0 amide bonds. The minimum Gasteiger partial charge on any atom is -0.393 e. The van der Waals surface area contributed by atoms with E-state index in [1.54, 1.807) is 19.9 Å². The smallest absolute Gasteiger partial charge is 0.126 e. The minimum atomic E-state index is -0.271. The number of halogens is 1. The van der Waals surface area contributed by atoms with Crippen molar-refractivity contribution in [3.05, 3.63) is 35.1 Å². The van der Waals surface area contributed by atoms with Gasteiger partial charge in [0.1, 0.15) is 5.82 Å². The Morgan fingerprint density at radius 3 is 2.80 bits per heavy atom. The monoisotopic (exact) mass is 211 g/mol. The van der Waals surface area contributed by atoms with Gasteiger partial charge in [0, 0.05) is 6.54 Å². The van der Waals surface area contributed by atoms with E-state index in [0.29, 0.717) is 12.1 Å². The molecular formula is C12H18FNO. The summed E-state index contributed by atoms with van der Waals surface area (Å²) in [6, 6.07) is 5.10. The van der Waals surface area contributed by atoms with Crippen LogP contribution in [0.3, 0.4) is 0 Å². The first-order valence-electron chi connectivity index (χ1n) is 5.23. The van der Waals surface area contributed by atoms with Crippen molar-refractivity contribution in [2.75, 3.05) is 6.54 Å². The molecule has 84 valence electrons. The summed E-state index contributed by atoms with van der Waals surface area (Å²) < 4.78 is 12.9. The van der Waals surface area contributed by atoms with Crippen LogP contribution in [0.2, 0.25) is 0 Å². The molecule has 0 heterocycles. The summed E-state index contributed by atoms with van der Waals surface area (Å²) in [5.41, 5.74) is 1.74. The Morgan fingerprint density at radius 2 is 2.20 bits per heavy atom. The summed E-state index contributed by atoms with van der Waals surface area (Å²) >= 11 is 0. The predicted octanol–water partition coefficient (Wildman–Crippen LogP) is 1.99. The maximum atomic E-state index is 12.9. The van der Waals surface area contributed by atoms with Crippen LogP contribution in [-0.2, 0) is 6.54 Å². The molecule has 1 rings (SSSR count). The number of aryl methyl sites for hydroxylation is 1. The predicted molar refractivity (Wildman–Crippen MR) is 59.1 cm³/mol. The normalized spacial score (nSPS) is 12.8. The van der Waals surface area contributed by atoms with Crippen LogP contribution < -0.4 is 5.32 Å². The summed E-state index contributed by atoms with van der Waals surface area (Å²) in [6.07, 6.45) is 0.465. The number of aliphatic hydroxyl groups is 1. The van der Waals surface area contributed by atoms with E-state index in [0.717, 1.165) is 18.5 Å². The van der Waals surface area contributed by atoms with Crippen LogP contribution in [0.1, 0.15) is 24.5 Å². The highest BCUT2D eigenvalue weighted by Crippen LogP contribution is 2.08. The quantitative estimate of drug-likeness (QED) is 0.730. The van der Waals surface area contributed by atoms with E-state index in [2.05, 4.69) is 5.32 Å². The van der Waals surface area contributed by atoms with Gasteiger partial charge in [-0.2, -0.15) is 0 Å². The molecule has 0 aromatic heterocycles. The molecule has 0 radical (unpaired) electrons. The first-order chi connectivity index (χ1) is 7.09. The molecule has 0 saturated heterocycles. The molecule has 0 saturated carbocycles. The highest BCUT2D eigenvalue weighted by Gasteiger charge is 1.99. The van der Waals surface area contributed by atoms with E-state index in [4.69, 9.17) is 5.11 Å². The van der Waals surface area contributed by atoms with Crippen molar-refractivity contribution >= 4 is 0 Å². The summed E-state index contributed by atoms with van der Waals surface area (Å²) in [6.45, 7) is 5.01. The zero-order valence-electron chi connectivity index (χ0n) is 9.26. The second-order valence-corrected chi connectivity index (χ2v) is 3.90. The number of aliphatic hydroxyl groups excluding tert-OH is 1. The van der Waals surface area contributed by atoms with Gasteiger partial charge < -0.3 is 10.4 Å². The van der Waals surface area contributed by atoms with Crippen LogP contribution in [0, 0.1) is 12.7 Å². The number of nitrogens with one attached hydrogen (secondary N) is 1. The largest absolute Gasteiger partial charge is 0.393 e. The van der Waals surface area contributed by atoms with Gasteiger partial charge in [-0.05, 0) is 44.0 Å². The third-order valence-corrected chi connectivity index (χ3v) is 2.29. The molecule has 2 nitrogen and oxygen atoms in total. The van der Waals surface area contributed by atoms with E-state index in [1.165, 1.54) is 6.07 Å². The van der Waals surface area contributed by atoms with Gasteiger partial charge in [0.2, 0.25) is 0 Å². The maximum Gasteiger partial charge on any atom is 0.126 e. The van der Waals surface area contributed by atoms with Crippen molar-refractivity contribution in [1.82, 2.24) is 5.32 Å². The van der Waals surface area contributed by atoms with Gasteiger partial charge in [-0.25, -0.2) is 4.39 Å². The molecule has 2 N–H and O–H groups in total. The molecule has 1 atom stereocenters. The van der Waals surface area contributed by atoms with Crippen LogP contribution in [-0.4, -0.2) is 17.8 Å². The number of benzene rings is 1. The zero-order chi connectivity index (χ0) is 11.3. The molecule has 0 aliphatic carbocycles. The summed E-state index contributed by atoms with van der Waals surface area (Å²) in [7, 11) is 0. The van der Waals surface area contributed by atoms with Crippen LogP contribution >= 0.6 is 0 Å². The van der Waals surface area contributed by atoms with Crippen molar-refractivity contribution in [1.29, 1.82) is 0 Å². The van der Waals surface area contributed by atoms with Crippen LogP contribution in [0.15, 0.2) is 18.2 Å². The molecule has 3 heteroatoms. The molecule has 0 aliphatic heterocycles. The lowest BCUT2D eigenvalue weighted by Gasteiger charge is -2.07. The van der Waals surface area contributed by atoms with Gasteiger partial charge in [0.25, 0.3) is 0 Å². The highest BCUT2D eigenvalue weighted by atomic mass is 19.1. The Bertz CT molecular complexity index is 312. The average molecular weight is 211 g/mol. The van der Waals surface area contributed by atoms with Crippen molar-refractivity contribution in [2.24, 2.45) is 0 Å². The second kappa shape index (κ2) is 5.83. The molecule has 1 aromatic carbocycles. The van der Waals surface area contributed by atoms with Gasteiger partial charge in [-0.1, -0.05) is 12.1 Å². The number of rotatable bonds is 5. The average Bonchev–Trinajstić information content (AvgIpc) is 2.18. The Hall–Kier alpha value is -0.930. The van der Waals surface area contributed by atoms with Gasteiger partial charge in [-0.15, -0.1) is 0 Å². The minimum absolute atomic E-state index is 0.164. The van der Waals surface area contributed by atoms with Crippen LogP contribution in [0.25, 0.3) is 0 Å². The van der Waals surface area contributed by atoms with Crippen molar-refractivity contribution in [2.45, 2.75) is 32.9 Å². The van der Waals surface area contributed by atoms with Crippen LogP contribution in [0.4, 0.5) is 4.39 Å². The Balaban J connectivity index is 2.35. The molecule has 15 heavy (non-hydrogen) atoms. The molecule has 0 aliphatic rings. The molecule has 0 fully saturated rings. The lowest BCUT2D eigenvalue weighted by molar-refractivity contribution is 0.183. The molecule has 1 aromatic rings. The highest BCUT2D eigenvalue weighted by molar-refractivity contribution is 5.23. The summed E-state index contributed by atoms with van der Waals surface area (Å²) in [5.74, 6) is -0.164. The number of hydrogen-bond acceptors (Lipinski definition) is 2. The van der Waals surface area contributed by atoms with E-state index in [9.17, 15) is 4.39 Å². The van der Waals surface area contributed by atoms with E-state index in [1.807, 2.05) is 6.07 Å². The number of hydrogen-bond donors (Lipinski definition) is 2. The molecule has 0 bridgehead atoms. The van der Waals surface area contributed by atoms with E-state index < -0.39 is 0 Å². The zero-order valence-corrected chi connectivity index (χ0v) is 9.26. The maximum absolute atomic E-state index is 12.9. The first kappa shape index (κ1) is 12.1. The van der Waals surface area contributed by atoms with Gasteiger partial charge >= 0.3 is 0 Å². The topological polar surface area (TPSA) is 32.3 Å². The second-order valence-electron chi connectivity index (χ2n) is 3.90. The molecule has 0 unspecified atom stereocenters. The van der Waals surface area contributed by atoms with Crippen molar-refractivity contribution in [3.8, 4) is 0 Å². The van der Waals surface area contributed by atoms with E-state index >= 15 is 0 Å². The van der Waals surface area contributed by atoms with Crippen molar-refractivity contribution < 1.29 is 9.50 Å². The first-order valence-corrected chi connectivity index (χ1v) is 5.23. The van der Waals surface area contributed by atoms with Gasteiger partial charge in [0.05, 0.1) is 6.10 Å². The fraction of sp³-hybridized carbons (Fsp3) is 0.500. The van der Waals surface area contributed by atoms with Gasteiger partial charge in [0.15, 0.2) is 0 Å². The molecule has 0 spiro atoms. The van der Waals surface area contributed by atoms with Crippen LogP contribution in [0.5, 0.6) is 0 Å². The fourth-order valence-corrected chi connectivity index (χ4v) is 1.36. The van der Waals surface area contributed by atoms with Gasteiger partial charge in [-0.3, -0.25) is 0 Å². The fourth-order valence-electron chi connectivity index (χ4n) is 1.36. The third-order valence-electron chi connectivity index (χ3n) is 2.29. The Morgan fingerprint density at radius 1 is 1.47 bits per heavy atom. The Labute approximate surface area is 90.1 Å².